The number of aromatic nitrogens is 1. The maximum atomic E-state index is 12.9. The number of amides is 2. The van der Waals surface area contributed by atoms with E-state index in [0.717, 1.165) is 5.56 Å². The van der Waals surface area contributed by atoms with E-state index in [2.05, 4.69) is 10.3 Å². The Morgan fingerprint density at radius 2 is 1.91 bits per heavy atom. The topological polar surface area (TPSA) is 107 Å². The van der Waals surface area contributed by atoms with Gasteiger partial charge < -0.3 is 24.4 Å². The minimum absolute atomic E-state index is 0.0271. The Morgan fingerprint density at radius 3 is 2.50 bits per heavy atom. The van der Waals surface area contributed by atoms with Crippen molar-refractivity contribution < 1.29 is 28.6 Å². The third-order valence-electron chi connectivity index (χ3n) is 5.68. The zero-order valence-electron chi connectivity index (χ0n) is 20.4. The summed E-state index contributed by atoms with van der Waals surface area (Å²) in [6.45, 7) is 7.41. The third-order valence-corrected chi connectivity index (χ3v) is 5.68. The fraction of sp³-hybridized carbons (Fsp3) is 0.440. The Morgan fingerprint density at radius 1 is 1.18 bits per heavy atom. The first-order valence-electron chi connectivity index (χ1n) is 11.2. The van der Waals surface area contributed by atoms with Gasteiger partial charge in [0.25, 0.3) is 5.91 Å². The lowest BCUT2D eigenvalue weighted by Crippen LogP contribution is -2.37. The third kappa shape index (κ3) is 5.47. The van der Waals surface area contributed by atoms with Crippen LogP contribution in [0, 0.1) is 6.92 Å². The van der Waals surface area contributed by atoms with Crippen LogP contribution in [-0.2, 0) is 9.53 Å². The number of nitrogens with zero attached hydrogens (tertiary/aromatic N) is 2. The summed E-state index contributed by atoms with van der Waals surface area (Å²) in [6.07, 6.45) is 1.01. The lowest BCUT2D eigenvalue weighted by Gasteiger charge is -2.23. The molecule has 0 bridgehead atoms. The summed E-state index contributed by atoms with van der Waals surface area (Å²) >= 11 is 0. The normalized spacial score (nSPS) is 17.4. The first-order chi connectivity index (χ1) is 16.1. The summed E-state index contributed by atoms with van der Waals surface area (Å²) in [4.78, 5) is 42.7. The van der Waals surface area contributed by atoms with E-state index in [-0.39, 0.29) is 29.5 Å². The van der Waals surface area contributed by atoms with E-state index in [0.29, 0.717) is 35.6 Å². The second kappa shape index (κ2) is 10.5. The van der Waals surface area contributed by atoms with E-state index in [1.54, 1.807) is 25.0 Å². The predicted molar refractivity (Wildman–Crippen MR) is 125 cm³/mol. The smallest absolute Gasteiger partial charge is 0.359 e. The van der Waals surface area contributed by atoms with Crippen LogP contribution in [0.5, 0.6) is 11.5 Å². The number of esters is 1. The standard InChI is InChI=1S/C25H31N3O6/c1-14(2)33-21-10-17(7-8-20(21)32-6)19-11-22(28(13-19)16(4)29)34-25(31)23-15(3)9-18(12-27-23)24(30)26-5/h7-10,12,14,19,22H,11,13H2,1-6H3,(H,26,30)/t19-,22-/m1/s1. The molecule has 1 fully saturated rings. The first-order valence-corrected chi connectivity index (χ1v) is 11.2. The van der Waals surface area contributed by atoms with Crippen molar-refractivity contribution in [3.63, 3.8) is 0 Å². The number of nitrogens with one attached hydrogen (secondary N) is 1. The van der Waals surface area contributed by atoms with E-state index in [9.17, 15) is 14.4 Å². The monoisotopic (exact) mass is 469 g/mol. The molecule has 9 nitrogen and oxygen atoms in total. The van der Waals surface area contributed by atoms with Crippen molar-refractivity contribution in [3.8, 4) is 11.5 Å². The molecule has 2 heterocycles. The Hall–Kier alpha value is -3.62. The molecule has 0 aliphatic carbocycles. The van der Waals surface area contributed by atoms with Crippen molar-refractivity contribution in [2.24, 2.45) is 0 Å². The van der Waals surface area contributed by atoms with Gasteiger partial charge in [0, 0.05) is 39.1 Å². The van der Waals surface area contributed by atoms with Gasteiger partial charge in [-0.3, -0.25) is 9.59 Å². The number of aryl methyl sites for hydroxylation is 1. The fourth-order valence-corrected chi connectivity index (χ4v) is 4.01. The molecule has 2 atom stereocenters. The minimum atomic E-state index is -0.730. The second-order valence-electron chi connectivity index (χ2n) is 8.51. The van der Waals surface area contributed by atoms with Gasteiger partial charge in [-0.1, -0.05) is 6.07 Å². The molecular weight excluding hydrogens is 438 g/mol. The van der Waals surface area contributed by atoms with Crippen LogP contribution >= 0.6 is 0 Å². The molecule has 34 heavy (non-hydrogen) atoms. The number of methoxy groups -OCH3 is 1. The molecule has 3 rings (SSSR count). The summed E-state index contributed by atoms with van der Waals surface area (Å²) < 4.78 is 17.0. The highest BCUT2D eigenvalue weighted by Gasteiger charge is 2.38. The molecule has 1 aromatic carbocycles. The van der Waals surface area contributed by atoms with E-state index < -0.39 is 12.2 Å². The number of benzene rings is 1. The largest absolute Gasteiger partial charge is 0.493 e. The zero-order valence-corrected chi connectivity index (χ0v) is 20.4. The van der Waals surface area contributed by atoms with Gasteiger partial charge in [-0.25, -0.2) is 9.78 Å². The number of rotatable bonds is 7. The van der Waals surface area contributed by atoms with E-state index in [1.165, 1.54) is 20.2 Å². The van der Waals surface area contributed by atoms with Crippen molar-refractivity contribution in [2.45, 2.75) is 52.4 Å². The van der Waals surface area contributed by atoms with Gasteiger partial charge in [-0.05, 0) is 50.1 Å². The summed E-state index contributed by atoms with van der Waals surface area (Å²) in [6, 6.07) is 7.26. The van der Waals surface area contributed by atoms with E-state index in [1.807, 2.05) is 32.0 Å². The summed E-state index contributed by atoms with van der Waals surface area (Å²) in [7, 11) is 3.11. The van der Waals surface area contributed by atoms with Crippen molar-refractivity contribution in [2.75, 3.05) is 20.7 Å². The highest BCUT2D eigenvalue weighted by atomic mass is 16.6. The van der Waals surface area contributed by atoms with Gasteiger partial charge in [0.15, 0.2) is 23.4 Å². The number of ether oxygens (including phenoxy) is 3. The quantitative estimate of drug-likeness (QED) is 0.621. The molecule has 1 aliphatic rings. The van der Waals surface area contributed by atoms with Crippen LogP contribution < -0.4 is 14.8 Å². The van der Waals surface area contributed by atoms with Gasteiger partial charge in [0.2, 0.25) is 5.91 Å². The van der Waals surface area contributed by atoms with Gasteiger partial charge in [0.05, 0.1) is 18.8 Å². The first kappa shape index (κ1) is 25.0. The zero-order chi connectivity index (χ0) is 25.0. The van der Waals surface area contributed by atoms with Gasteiger partial charge in [-0.15, -0.1) is 0 Å². The van der Waals surface area contributed by atoms with Crippen LogP contribution in [0.3, 0.4) is 0 Å². The van der Waals surface area contributed by atoms with Gasteiger partial charge in [0.1, 0.15) is 0 Å². The molecule has 0 spiro atoms. The second-order valence-corrected chi connectivity index (χ2v) is 8.51. The number of carbonyl (C=O) groups excluding carboxylic acids is 3. The minimum Gasteiger partial charge on any atom is -0.493 e. The van der Waals surface area contributed by atoms with E-state index in [4.69, 9.17) is 14.2 Å². The fourth-order valence-electron chi connectivity index (χ4n) is 4.01. The Bertz CT molecular complexity index is 1080. The molecule has 1 aliphatic heterocycles. The summed E-state index contributed by atoms with van der Waals surface area (Å²) in [5, 5.41) is 2.52. The molecule has 0 saturated carbocycles. The van der Waals surface area contributed by atoms with Crippen molar-refractivity contribution >= 4 is 17.8 Å². The lowest BCUT2D eigenvalue weighted by molar-refractivity contribution is -0.135. The molecule has 1 saturated heterocycles. The highest BCUT2D eigenvalue weighted by molar-refractivity contribution is 5.95. The highest BCUT2D eigenvalue weighted by Crippen LogP contribution is 2.37. The summed E-state index contributed by atoms with van der Waals surface area (Å²) in [5.41, 5.74) is 1.93. The number of likely N-dealkylation sites (tertiary alicyclic amines) is 1. The molecule has 1 aromatic heterocycles. The average Bonchev–Trinajstić information content (AvgIpc) is 3.22. The molecule has 0 radical (unpaired) electrons. The van der Waals surface area contributed by atoms with Gasteiger partial charge in [-0.2, -0.15) is 0 Å². The Labute approximate surface area is 199 Å². The molecule has 2 amide bonds. The molecule has 2 aromatic rings. The van der Waals surface area contributed by atoms with Crippen molar-refractivity contribution in [3.05, 3.63) is 52.8 Å². The van der Waals surface area contributed by atoms with Crippen molar-refractivity contribution in [1.29, 1.82) is 0 Å². The predicted octanol–water partition coefficient (Wildman–Crippen LogP) is 3.06. The molecule has 1 N–H and O–H groups in total. The maximum Gasteiger partial charge on any atom is 0.359 e. The number of carbonyl (C=O) groups is 3. The maximum absolute atomic E-state index is 12.9. The SMILES string of the molecule is CNC(=O)c1cnc(C(=O)O[C@@H]2C[C@@H](c3ccc(OC)c(OC(C)C)c3)CN2C(C)=O)c(C)c1. The molecule has 0 unspecified atom stereocenters. The molecule has 182 valence electrons. The van der Waals surface area contributed by atoms with Crippen LogP contribution in [0.1, 0.15) is 65.1 Å². The van der Waals surface area contributed by atoms with Crippen LogP contribution in [0.4, 0.5) is 0 Å². The Kier molecular flexibility index (Phi) is 7.75. The van der Waals surface area contributed by atoms with Gasteiger partial charge >= 0.3 is 5.97 Å². The number of hydrogen-bond donors (Lipinski definition) is 1. The van der Waals surface area contributed by atoms with Crippen LogP contribution in [0.2, 0.25) is 0 Å². The lowest BCUT2D eigenvalue weighted by atomic mass is 9.97. The average molecular weight is 470 g/mol. The van der Waals surface area contributed by atoms with Crippen LogP contribution in [0.25, 0.3) is 0 Å². The Balaban J connectivity index is 1.80. The van der Waals surface area contributed by atoms with Crippen LogP contribution in [-0.4, -0.2) is 60.7 Å². The molecular formula is C25H31N3O6. The van der Waals surface area contributed by atoms with Crippen molar-refractivity contribution in [1.82, 2.24) is 15.2 Å². The number of hydrogen-bond acceptors (Lipinski definition) is 7. The molecule has 9 heteroatoms. The van der Waals surface area contributed by atoms with E-state index >= 15 is 0 Å². The number of pyridine rings is 1. The van der Waals surface area contributed by atoms with Crippen LogP contribution in [0.15, 0.2) is 30.5 Å². The summed E-state index contributed by atoms with van der Waals surface area (Å²) in [5.74, 6) is 0.0806.